The van der Waals surface area contributed by atoms with Crippen LogP contribution in [-0.2, 0) is 4.79 Å². The molecule has 0 aromatic rings. The largest absolute Gasteiger partial charge is 0.477 e. The minimum atomic E-state index is -0.713. The summed E-state index contributed by atoms with van der Waals surface area (Å²) in [6, 6.07) is 0. The number of nitrogens with zero attached hydrogens (tertiary/aromatic N) is 1. The Labute approximate surface area is 253 Å². The molecule has 3 nitrogen and oxygen atoms in total. The minimum absolute atomic E-state index is 0.255. The summed E-state index contributed by atoms with van der Waals surface area (Å²) in [5.41, 5.74) is -0.713. The maximum Gasteiger partial charge on any atom is 0.365 e. The molecular weight excluding hydrogens is 490 g/mol. The van der Waals surface area contributed by atoms with E-state index in [-0.39, 0.29) is 5.92 Å². The Morgan fingerprint density at radius 3 is 0.925 bits per heavy atom. The van der Waals surface area contributed by atoms with Crippen molar-refractivity contribution in [1.29, 1.82) is 0 Å². The van der Waals surface area contributed by atoms with Crippen LogP contribution in [0, 0.1) is 5.92 Å². The molecule has 0 spiro atoms. The number of carboxylic acids is 1. The maximum absolute atomic E-state index is 12.5. The van der Waals surface area contributed by atoms with Crippen LogP contribution in [0.2, 0.25) is 0 Å². The van der Waals surface area contributed by atoms with Crippen molar-refractivity contribution in [3.8, 4) is 0 Å². The zero-order valence-corrected chi connectivity index (χ0v) is 28.7. The fourth-order valence-corrected chi connectivity index (χ4v) is 6.53. The van der Waals surface area contributed by atoms with Gasteiger partial charge in [0.1, 0.15) is 0 Å². The van der Waals surface area contributed by atoms with Gasteiger partial charge in [-0.1, -0.05) is 181 Å². The van der Waals surface area contributed by atoms with Gasteiger partial charge in [0.05, 0.1) is 21.1 Å². The van der Waals surface area contributed by atoms with E-state index in [0.29, 0.717) is 4.48 Å². The van der Waals surface area contributed by atoms with Gasteiger partial charge in [-0.05, 0) is 12.8 Å². The van der Waals surface area contributed by atoms with E-state index < -0.39 is 11.5 Å². The summed E-state index contributed by atoms with van der Waals surface area (Å²) in [5.74, 6) is -0.362. The van der Waals surface area contributed by atoms with Crippen LogP contribution in [0.5, 0.6) is 0 Å². The fourth-order valence-electron chi connectivity index (χ4n) is 6.53. The Morgan fingerprint density at radius 2 is 0.725 bits per heavy atom. The Kier molecular flexibility index (Phi) is 25.7. The highest BCUT2D eigenvalue weighted by atomic mass is 16.4. The zero-order valence-electron chi connectivity index (χ0n) is 28.7. The molecule has 0 heterocycles. The molecule has 0 aromatic carbocycles. The summed E-state index contributed by atoms with van der Waals surface area (Å²) in [7, 11) is 6.23. The first-order valence-corrected chi connectivity index (χ1v) is 18.3. The van der Waals surface area contributed by atoms with Crippen LogP contribution >= 0.6 is 0 Å². The van der Waals surface area contributed by atoms with Gasteiger partial charge in [-0.2, -0.15) is 0 Å². The predicted octanol–water partition coefficient (Wildman–Crippen LogP) is 12.1. The van der Waals surface area contributed by atoms with Gasteiger partial charge in [0.15, 0.2) is 5.54 Å². The van der Waals surface area contributed by atoms with E-state index >= 15 is 0 Å². The summed E-state index contributed by atoms with van der Waals surface area (Å²) < 4.78 is 0.503. The molecule has 0 rings (SSSR count). The number of hydrogen-bond donors (Lipinski definition) is 1. The molecule has 0 fully saturated rings. The maximum atomic E-state index is 12.5. The lowest BCUT2D eigenvalue weighted by atomic mass is 9.76. The van der Waals surface area contributed by atoms with Crippen LogP contribution in [0.1, 0.15) is 201 Å². The summed E-state index contributed by atoms with van der Waals surface area (Å²) in [4.78, 5) is 12.5. The number of carbonyl (C=O) groups is 1. The average molecular weight is 567 g/mol. The molecule has 1 N–H and O–H groups in total. The highest BCUT2D eigenvalue weighted by Gasteiger charge is 2.51. The average Bonchev–Trinajstić information content (AvgIpc) is 2.91. The number of carboxylic acid groups (broad SMARTS) is 1. The van der Waals surface area contributed by atoms with Crippen LogP contribution in [0.15, 0.2) is 0 Å². The quantitative estimate of drug-likeness (QED) is 0.0669. The van der Waals surface area contributed by atoms with Crippen molar-refractivity contribution in [3.05, 3.63) is 0 Å². The lowest BCUT2D eigenvalue weighted by molar-refractivity contribution is -0.916. The molecule has 0 saturated carbocycles. The molecule has 3 heteroatoms. The van der Waals surface area contributed by atoms with E-state index in [9.17, 15) is 9.90 Å². The number of hydrogen-bond acceptors (Lipinski definition) is 1. The molecule has 0 radical (unpaired) electrons. The minimum Gasteiger partial charge on any atom is -0.477 e. The molecule has 0 saturated heterocycles. The van der Waals surface area contributed by atoms with Gasteiger partial charge in [-0.15, -0.1) is 0 Å². The normalized spacial score (nSPS) is 14.3. The smallest absolute Gasteiger partial charge is 0.365 e. The number of rotatable bonds is 31. The molecular formula is C37H76NO2+. The highest BCUT2D eigenvalue weighted by molar-refractivity contribution is 5.77. The second-order valence-electron chi connectivity index (χ2n) is 14.2. The summed E-state index contributed by atoms with van der Waals surface area (Å²) in [5, 5.41) is 10.3. The second kappa shape index (κ2) is 26.1. The fraction of sp³-hybridized carbons (Fsp3) is 0.973. The van der Waals surface area contributed by atoms with Gasteiger partial charge < -0.3 is 9.59 Å². The molecule has 40 heavy (non-hydrogen) atoms. The van der Waals surface area contributed by atoms with Crippen LogP contribution in [0.4, 0.5) is 0 Å². The lowest BCUT2D eigenvalue weighted by Crippen LogP contribution is -2.64. The SMILES string of the molecule is CCCCCCCCCCCCCCCCCCCC(CCCCCCCCCCC)C(C)(C(=O)O)[N+](C)(C)C. The number of likely N-dealkylation sites (N-methyl/N-ethyl adjacent to an activating group) is 1. The second-order valence-corrected chi connectivity index (χ2v) is 14.2. The number of quaternary nitrogens is 1. The molecule has 2 unspecified atom stereocenters. The molecule has 0 aromatic heterocycles. The van der Waals surface area contributed by atoms with E-state index in [2.05, 4.69) is 35.0 Å². The van der Waals surface area contributed by atoms with Crippen molar-refractivity contribution in [1.82, 2.24) is 0 Å². The molecule has 0 aliphatic rings. The summed E-state index contributed by atoms with van der Waals surface area (Å²) in [6.45, 7) is 6.58. The Morgan fingerprint density at radius 1 is 0.500 bits per heavy atom. The van der Waals surface area contributed by atoms with Gasteiger partial charge in [-0.3, -0.25) is 0 Å². The Bertz CT molecular complexity index is 555. The topological polar surface area (TPSA) is 37.3 Å². The van der Waals surface area contributed by atoms with Crippen molar-refractivity contribution < 1.29 is 14.4 Å². The van der Waals surface area contributed by atoms with Crippen LogP contribution < -0.4 is 0 Å². The molecule has 2 atom stereocenters. The van der Waals surface area contributed by atoms with E-state index in [1.807, 2.05) is 6.92 Å². The van der Waals surface area contributed by atoms with Gasteiger partial charge in [0.2, 0.25) is 0 Å². The molecule has 0 amide bonds. The van der Waals surface area contributed by atoms with Crippen LogP contribution in [-0.4, -0.2) is 42.2 Å². The monoisotopic (exact) mass is 567 g/mol. The zero-order chi connectivity index (χ0) is 30.0. The lowest BCUT2D eigenvalue weighted by Gasteiger charge is -2.45. The summed E-state index contributed by atoms with van der Waals surface area (Å²) in [6.07, 6.45) is 37.7. The molecule has 0 aliphatic heterocycles. The van der Waals surface area contributed by atoms with Gasteiger partial charge in [0, 0.05) is 12.8 Å². The molecule has 0 aliphatic carbocycles. The first-order valence-electron chi connectivity index (χ1n) is 18.3. The third-order valence-corrected chi connectivity index (χ3v) is 9.93. The standard InChI is InChI=1S/C37H75NO2/c1-7-9-11-13-15-17-18-19-20-21-22-23-24-26-28-30-32-34-35(37(3,36(39)40)38(4,5)6)33-31-29-27-25-16-14-12-10-8-2/h35H,7-34H2,1-6H3/p+1. The molecule has 240 valence electrons. The van der Waals surface area contributed by atoms with Gasteiger partial charge >= 0.3 is 5.97 Å². The number of unbranched alkanes of at least 4 members (excludes halogenated alkanes) is 24. The third-order valence-electron chi connectivity index (χ3n) is 9.93. The van der Waals surface area contributed by atoms with Gasteiger partial charge in [-0.25, -0.2) is 4.79 Å². The van der Waals surface area contributed by atoms with E-state index in [1.165, 1.54) is 167 Å². The predicted molar refractivity (Wildman–Crippen MR) is 178 cm³/mol. The van der Waals surface area contributed by atoms with Crippen molar-refractivity contribution in [3.63, 3.8) is 0 Å². The van der Waals surface area contributed by atoms with Crippen molar-refractivity contribution in [2.75, 3.05) is 21.1 Å². The third kappa shape index (κ3) is 19.5. The van der Waals surface area contributed by atoms with Crippen LogP contribution in [0.25, 0.3) is 0 Å². The van der Waals surface area contributed by atoms with E-state index in [4.69, 9.17) is 0 Å². The van der Waals surface area contributed by atoms with E-state index in [0.717, 1.165) is 12.8 Å². The number of aliphatic carboxylic acids is 1. The van der Waals surface area contributed by atoms with Gasteiger partial charge in [0.25, 0.3) is 0 Å². The first-order chi connectivity index (χ1) is 19.2. The Balaban J connectivity index is 4.11. The Hall–Kier alpha value is -0.570. The van der Waals surface area contributed by atoms with E-state index in [1.54, 1.807) is 0 Å². The van der Waals surface area contributed by atoms with Crippen LogP contribution in [0.3, 0.4) is 0 Å². The van der Waals surface area contributed by atoms with Crippen molar-refractivity contribution in [2.24, 2.45) is 5.92 Å². The first kappa shape index (κ1) is 39.4. The van der Waals surface area contributed by atoms with Crippen molar-refractivity contribution >= 4 is 5.97 Å². The molecule has 0 bridgehead atoms. The van der Waals surface area contributed by atoms with Crippen molar-refractivity contribution in [2.45, 2.75) is 206 Å². The summed E-state index contributed by atoms with van der Waals surface area (Å²) >= 11 is 0. The highest BCUT2D eigenvalue weighted by Crippen LogP contribution is 2.36.